The Kier molecular flexibility index (Phi) is 5.90. The van der Waals surface area contributed by atoms with E-state index in [1.807, 2.05) is 24.3 Å². The van der Waals surface area contributed by atoms with Gasteiger partial charge >= 0.3 is 0 Å². The molecule has 0 spiro atoms. The van der Waals surface area contributed by atoms with Crippen LogP contribution in [0.3, 0.4) is 0 Å². The number of rotatable bonds is 7. The van der Waals surface area contributed by atoms with E-state index in [1.54, 1.807) is 24.0 Å². The Balaban J connectivity index is 1.35. The van der Waals surface area contributed by atoms with Gasteiger partial charge in [0.2, 0.25) is 11.8 Å². The van der Waals surface area contributed by atoms with Crippen LogP contribution in [-0.2, 0) is 16.6 Å². The second kappa shape index (κ2) is 8.87. The van der Waals surface area contributed by atoms with Gasteiger partial charge in [0.15, 0.2) is 5.58 Å². The van der Waals surface area contributed by atoms with Crippen LogP contribution in [-0.4, -0.2) is 21.6 Å². The number of amides is 1. The molecule has 0 atom stereocenters. The monoisotopic (exact) mass is 475 g/mol. The molecule has 4 aromatic rings. The summed E-state index contributed by atoms with van der Waals surface area (Å²) in [7, 11) is 0. The Morgan fingerprint density at radius 3 is 2.56 bits per heavy atom. The van der Waals surface area contributed by atoms with Gasteiger partial charge in [-0.2, -0.15) is 0 Å². The molecule has 0 unspecified atom stereocenters. The van der Waals surface area contributed by atoms with Crippen molar-refractivity contribution in [1.29, 1.82) is 0 Å². The number of hydrogen-bond acceptors (Lipinski definition) is 5. The van der Waals surface area contributed by atoms with Crippen molar-refractivity contribution in [2.24, 2.45) is 0 Å². The Morgan fingerprint density at radius 1 is 1.15 bits per heavy atom. The zero-order chi connectivity index (χ0) is 23.9. The van der Waals surface area contributed by atoms with Gasteiger partial charge in [0.25, 0.3) is 0 Å². The first-order chi connectivity index (χ1) is 16.4. The normalized spacial score (nSPS) is 14.4. The molecule has 1 aliphatic carbocycles. The minimum absolute atomic E-state index is 0.0774. The standard InChI is InChI=1S/C27H26FN3O2S/c1-4-34-24-8-5-18(15-29-24)13-23(32)30-20-11-16(2)25(17(3)12-20)27(9-10-27)26-31-21-7-6-19(28)14-22(21)33-26/h5-8,11-12,14-15H,4,9-10,13H2,1-3H3,(H,30,32). The minimum atomic E-state index is -0.334. The van der Waals surface area contributed by atoms with Gasteiger partial charge in [0.05, 0.1) is 16.9 Å². The molecule has 174 valence electrons. The Hall–Kier alpha value is -3.19. The van der Waals surface area contributed by atoms with E-state index in [0.717, 1.165) is 46.0 Å². The first kappa shape index (κ1) is 22.6. The molecule has 1 amide bonds. The van der Waals surface area contributed by atoms with Crippen LogP contribution < -0.4 is 5.32 Å². The van der Waals surface area contributed by atoms with E-state index in [1.165, 1.54) is 17.7 Å². The summed E-state index contributed by atoms with van der Waals surface area (Å²) in [6.45, 7) is 6.19. The van der Waals surface area contributed by atoms with Gasteiger partial charge in [0.1, 0.15) is 11.3 Å². The molecule has 5 nitrogen and oxygen atoms in total. The van der Waals surface area contributed by atoms with Crippen LogP contribution in [0, 0.1) is 19.7 Å². The highest BCUT2D eigenvalue weighted by molar-refractivity contribution is 7.99. The summed E-state index contributed by atoms with van der Waals surface area (Å²) in [6, 6.07) is 12.3. The minimum Gasteiger partial charge on any atom is -0.440 e. The molecule has 0 saturated heterocycles. The molecule has 0 aliphatic heterocycles. The van der Waals surface area contributed by atoms with E-state index in [2.05, 4.69) is 36.1 Å². The summed E-state index contributed by atoms with van der Waals surface area (Å²) in [5.41, 5.74) is 5.81. The van der Waals surface area contributed by atoms with Gasteiger partial charge in [0, 0.05) is 18.0 Å². The molecule has 7 heteroatoms. The molecule has 1 fully saturated rings. The molecule has 2 aromatic carbocycles. The fourth-order valence-electron chi connectivity index (χ4n) is 4.73. The van der Waals surface area contributed by atoms with Gasteiger partial charge in [-0.25, -0.2) is 14.4 Å². The quantitative estimate of drug-likeness (QED) is 0.315. The number of fused-ring (bicyclic) bond motifs is 1. The number of pyridine rings is 1. The fourth-order valence-corrected chi connectivity index (χ4v) is 5.32. The number of thioether (sulfide) groups is 1. The molecule has 1 N–H and O–H groups in total. The average molecular weight is 476 g/mol. The van der Waals surface area contributed by atoms with Crippen LogP contribution in [0.5, 0.6) is 0 Å². The van der Waals surface area contributed by atoms with E-state index in [4.69, 9.17) is 4.42 Å². The molecular formula is C27H26FN3O2S. The van der Waals surface area contributed by atoms with Gasteiger partial charge in [-0.3, -0.25) is 4.79 Å². The van der Waals surface area contributed by atoms with Gasteiger partial charge < -0.3 is 9.73 Å². The lowest BCUT2D eigenvalue weighted by molar-refractivity contribution is -0.115. The highest BCUT2D eigenvalue weighted by Gasteiger charge is 2.52. The van der Waals surface area contributed by atoms with Gasteiger partial charge in [-0.15, -0.1) is 11.8 Å². The number of nitrogens with zero attached hydrogens (tertiary/aromatic N) is 2. The summed E-state index contributed by atoms with van der Waals surface area (Å²) in [4.78, 5) is 21.7. The van der Waals surface area contributed by atoms with Crippen LogP contribution in [0.15, 0.2) is 58.1 Å². The van der Waals surface area contributed by atoms with Crippen molar-refractivity contribution in [2.75, 3.05) is 11.1 Å². The van der Waals surface area contributed by atoms with Crippen LogP contribution in [0.2, 0.25) is 0 Å². The van der Waals surface area contributed by atoms with Crippen LogP contribution in [0.1, 0.15) is 47.9 Å². The number of carbonyl (C=O) groups is 1. The average Bonchev–Trinajstić information content (AvgIpc) is 3.46. The van der Waals surface area contributed by atoms with Crippen molar-refractivity contribution in [3.05, 3.63) is 82.6 Å². The Labute approximate surface area is 202 Å². The van der Waals surface area contributed by atoms with E-state index in [-0.39, 0.29) is 23.6 Å². The number of hydrogen-bond donors (Lipinski definition) is 1. The zero-order valence-corrected chi connectivity index (χ0v) is 20.3. The maximum atomic E-state index is 13.6. The summed E-state index contributed by atoms with van der Waals surface area (Å²) in [5, 5.41) is 3.99. The summed E-state index contributed by atoms with van der Waals surface area (Å²) in [6.07, 6.45) is 3.89. The molecule has 2 heterocycles. The first-order valence-corrected chi connectivity index (χ1v) is 12.4. The lowest BCUT2D eigenvalue weighted by Gasteiger charge is -2.19. The number of halogens is 1. The van der Waals surface area contributed by atoms with E-state index < -0.39 is 0 Å². The molecule has 34 heavy (non-hydrogen) atoms. The molecule has 0 bridgehead atoms. The van der Waals surface area contributed by atoms with Crippen molar-refractivity contribution in [3.8, 4) is 0 Å². The summed E-state index contributed by atoms with van der Waals surface area (Å²) < 4.78 is 19.6. The molecule has 1 aliphatic rings. The lowest BCUT2D eigenvalue weighted by atomic mass is 9.87. The van der Waals surface area contributed by atoms with Crippen molar-refractivity contribution >= 4 is 34.5 Å². The highest BCUT2D eigenvalue weighted by Crippen LogP contribution is 2.55. The number of nitrogens with one attached hydrogen (secondary N) is 1. The third-order valence-corrected chi connectivity index (χ3v) is 7.09. The molecule has 5 rings (SSSR count). The van der Waals surface area contributed by atoms with Crippen molar-refractivity contribution in [1.82, 2.24) is 9.97 Å². The van der Waals surface area contributed by atoms with Crippen LogP contribution in [0.4, 0.5) is 10.1 Å². The molecule has 1 saturated carbocycles. The second-order valence-electron chi connectivity index (χ2n) is 8.86. The van der Waals surface area contributed by atoms with Crippen molar-refractivity contribution in [2.45, 2.75) is 50.5 Å². The Morgan fingerprint density at radius 2 is 1.91 bits per heavy atom. The van der Waals surface area contributed by atoms with Crippen molar-refractivity contribution < 1.29 is 13.6 Å². The molecular weight excluding hydrogens is 449 g/mol. The van der Waals surface area contributed by atoms with Crippen LogP contribution in [0.25, 0.3) is 11.1 Å². The first-order valence-electron chi connectivity index (χ1n) is 11.4. The van der Waals surface area contributed by atoms with Crippen molar-refractivity contribution in [3.63, 3.8) is 0 Å². The second-order valence-corrected chi connectivity index (χ2v) is 10.1. The third kappa shape index (κ3) is 4.32. The number of oxazole rings is 1. The zero-order valence-electron chi connectivity index (χ0n) is 19.4. The summed E-state index contributed by atoms with van der Waals surface area (Å²) >= 11 is 1.68. The topological polar surface area (TPSA) is 68.0 Å². The summed E-state index contributed by atoms with van der Waals surface area (Å²) in [5.74, 6) is 1.19. The molecule has 2 aromatic heterocycles. The Bertz CT molecular complexity index is 1350. The maximum absolute atomic E-state index is 13.6. The lowest BCUT2D eigenvalue weighted by Crippen LogP contribution is -2.17. The number of anilines is 1. The smallest absolute Gasteiger partial charge is 0.228 e. The predicted molar refractivity (Wildman–Crippen MR) is 133 cm³/mol. The van der Waals surface area contributed by atoms with Gasteiger partial charge in [-0.1, -0.05) is 13.0 Å². The SMILES string of the molecule is CCSc1ccc(CC(=O)Nc2cc(C)c(C3(c4nc5ccc(F)cc5o4)CC3)c(C)c2)cn1. The van der Waals surface area contributed by atoms with E-state index in [9.17, 15) is 9.18 Å². The maximum Gasteiger partial charge on any atom is 0.228 e. The third-order valence-electron chi connectivity index (χ3n) is 6.26. The number of carbonyl (C=O) groups excluding carboxylic acids is 1. The predicted octanol–water partition coefficient (Wildman–Crippen LogP) is 6.35. The number of aryl methyl sites for hydroxylation is 2. The molecule has 0 radical (unpaired) electrons. The number of aromatic nitrogens is 2. The fraction of sp³-hybridized carbons (Fsp3) is 0.296. The number of benzene rings is 2. The van der Waals surface area contributed by atoms with E-state index >= 15 is 0 Å². The van der Waals surface area contributed by atoms with Crippen LogP contribution >= 0.6 is 11.8 Å². The highest BCUT2D eigenvalue weighted by atomic mass is 32.2. The van der Waals surface area contributed by atoms with Gasteiger partial charge in [-0.05, 0) is 85.0 Å². The van der Waals surface area contributed by atoms with E-state index in [0.29, 0.717) is 17.0 Å². The largest absolute Gasteiger partial charge is 0.440 e.